The van der Waals surface area contributed by atoms with E-state index in [9.17, 15) is 14.3 Å². The number of nitrogens with one attached hydrogen (secondary N) is 2. The highest BCUT2D eigenvalue weighted by molar-refractivity contribution is 5.95. The maximum absolute atomic E-state index is 12.7. The van der Waals surface area contributed by atoms with Gasteiger partial charge in [0.1, 0.15) is 5.82 Å². The van der Waals surface area contributed by atoms with E-state index in [2.05, 4.69) is 10.3 Å². The summed E-state index contributed by atoms with van der Waals surface area (Å²) < 4.78 is 12.7. The van der Waals surface area contributed by atoms with Crippen molar-refractivity contribution in [1.29, 1.82) is 0 Å². The van der Waals surface area contributed by atoms with Gasteiger partial charge in [0.15, 0.2) is 0 Å². The first-order valence-electron chi connectivity index (χ1n) is 5.93. The van der Waals surface area contributed by atoms with E-state index >= 15 is 0 Å². The highest BCUT2D eigenvalue weighted by Gasteiger charge is 2.12. The van der Waals surface area contributed by atoms with Gasteiger partial charge in [-0.3, -0.25) is 4.79 Å². The smallest absolute Gasteiger partial charge is 0.253 e. The first-order chi connectivity index (χ1) is 9.08. The molecular formula is C14H15FN2O2. The Balaban J connectivity index is 1.94. The molecule has 1 amide bonds. The van der Waals surface area contributed by atoms with E-state index in [1.807, 2.05) is 0 Å². The molecule has 1 aromatic heterocycles. The van der Waals surface area contributed by atoms with E-state index in [0.717, 1.165) is 5.69 Å². The molecule has 1 unspecified atom stereocenters. The van der Waals surface area contributed by atoms with Gasteiger partial charge in [-0.05, 0) is 30.7 Å². The van der Waals surface area contributed by atoms with Crippen molar-refractivity contribution in [2.45, 2.75) is 13.0 Å². The number of H-pyrrole nitrogens is 1. The Morgan fingerprint density at radius 3 is 2.63 bits per heavy atom. The number of benzene rings is 1. The molecule has 0 aliphatic carbocycles. The molecule has 1 heterocycles. The lowest BCUT2D eigenvalue weighted by atomic mass is 10.1. The fourth-order valence-electron chi connectivity index (χ4n) is 1.79. The lowest BCUT2D eigenvalue weighted by molar-refractivity contribution is 0.0916. The number of aryl methyl sites for hydroxylation is 1. The molecule has 100 valence electrons. The van der Waals surface area contributed by atoms with Gasteiger partial charge in [-0.1, -0.05) is 12.1 Å². The normalized spacial score (nSPS) is 12.2. The zero-order chi connectivity index (χ0) is 13.8. The second kappa shape index (κ2) is 5.67. The number of hydrogen-bond acceptors (Lipinski definition) is 2. The molecule has 19 heavy (non-hydrogen) atoms. The molecule has 0 bridgehead atoms. The third kappa shape index (κ3) is 3.20. The quantitative estimate of drug-likeness (QED) is 0.788. The fourth-order valence-corrected chi connectivity index (χ4v) is 1.79. The number of rotatable bonds is 4. The van der Waals surface area contributed by atoms with Crippen LogP contribution in [0.4, 0.5) is 4.39 Å². The average Bonchev–Trinajstić information content (AvgIpc) is 2.83. The van der Waals surface area contributed by atoms with Gasteiger partial charge in [-0.2, -0.15) is 0 Å². The van der Waals surface area contributed by atoms with Crippen molar-refractivity contribution in [3.63, 3.8) is 0 Å². The number of hydrogen-bond donors (Lipinski definition) is 3. The number of aliphatic hydroxyl groups is 1. The number of carbonyl (C=O) groups is 1. The molecule has 0 fully saturated rings. The van der Waals surface area contributed by atoms with E-state index < -0.39 is 6.10 Å². The Hall–Kier alpha value is -2.14. The largest absolute Gasteiger partial charge is 0.387 e. The maximum Gasteiger partial charge on any atom is 0.253 e. The lowest BCUT2D eigenvalue weighted by Crippen LogP contribution is -2.28. The van der Waals surface area contributed by atoms with Gasteiger partial charge in [0, 0.05) is 18.4 Å². The van der Waals surface area contributed by atoms with Crippen molar-refractivity contribution in [2.75, 3.05) is 6.54 Å². The Bertz CT molecular complexity index is 563. The van der Waals surface area contributed by atoms with Crippen LogP contribution in [-0.4, -0.2) is 22.5 Å². The molecular weight excluding hydrogens is 247 g/mol. The fraction of sp³-hybridized carbons (Fsp3) is 0.214. The van der Waals surface area contributed by atoms with Crippen LogP contribution in [0.3, 0.4) is 0 Å². The standard InChI is InChI=1S/C14H15FN2O2/c1-9-12(6-7-16-9)14(19)17-8-13(18)10-2-4-11(15)5-3-10/h2-7,13,16,18H,8H2,1H3,(H,17,19). The summed E-state index contributed by atoms with van der Waals surface area (Å²) >= 11 is 0. The second-order valence-electron chi connectivity index (χ2n) is 4.29. The Kier molecular flexibility index (Phi) is 3.97. The van der Waals surface area contributed by atoms with E-state index in [4.69, 9.17) is 0 Å². The van der Waals surface area contributed by atoms with Gasteiger partial charge < -0.3 is 15.4 Å². The summed E-state index contributed by atoms with van der Waals surface area (Å²) in [6.07, 6.45) is 0.824. The van der Waals surface area contributed by atoms with Crippen molar-refractivity contribution in [1.82, 2.24) is 10.3 Å². The molecule has 1 aromatic carbocycles. The number of aromatic nitrogens is 1. The van der Waals surface area contributed by atoms with Crippen molar-refractivity contribution < 1.29 is 14.3 Å². The molecule has 0 radical (unpaired) electrons. The van der Waals surface area contributed by atoms with Crippen LogP contribution < -0.4 is 5.32 Å². The van der Waals surface area contributed by atoms with E-state index in [1.54, 1.807) is 19.2 Å². The molecule has 2 rings (SSSR count). The molecule has 0 aliphatic rings. The highest BCUT2D eigenvalue weighted by atomic mass is 19.1. The number of aliphatic hydroxyl groups excluding tert-OH is 1. The van der Waals surface area contributed by atoms with Gasteiger partial charge in [-0.15, -0.1) is 0 Å². The maximum atomic E-state index is 12.7. The molecule has 5 heteroatoms. The minimum absolute atomic E-state index is 0.0785. The molecule has 0 spiro atoms. The highest BCUT2D eigenvalue weighted by Crippen LogP contribution is 2.13. The zero-order valence-electron chi connectivity index (χ0n) is 10.5. The third-order valence-corrected chi connectivity index (χ3v) is 2.91. The Morgan fingerprint density at radius 2 is 2.05 bits per heavy atom. The second-order valence-corrected chi connectivity index (χ2v) is 4.29. The molecule has 2 aromatic rings. The van der Waals surface area contributed by atoms with Gasteiger partial charge in [0.05, 0.1) is 11.7 Å². The monoisotopic (exact) mass is 262 g/mol. The first kappa shape index (κ1) is 13.3. The molecule has 3 N–H and O–H groups in total. The van der Waals surface area contributed by atoms with Crippen LogP contribution in [0.25, 0.3) is 0 Å². The van der Waals surface area contributed by atoms with Crippen LogP contribution in [0, 0.1) is 12.7 Å². The number of carbonyl (C=O) groups excluding carboxylic acids is 1. The summed E-state index contributed by atoms with van der Waals surface area (Å²) in [4.78, 5) is 14.7. The van der Waals surface area contributed by atoms with Gasteiger partial charge >= 0.3 is 0 Å². The summed E-state index contributed by atoms with van der Waals surface area (Å²) in [7, 11) is 0. The first-order valence-corrected chi connectivity index (χ1v) is 5.93. The van der Waals surface area contributed by atoms with Crippen molar-refractivity contribution in [2.24, 2.45) is 0 Å². The minimum atomic E-state index is -0.858. The zero-order valence-corrected chi connectivity index (χ0v) is 10.5. The molecule has 0 saturated heterocycles. The Morgan fingerprint density at radius 1 is 1.37 bits per heavy atom. The van der Waals surface area contributed by atoms with Crippen molar-refractivity contribution in [3.05, 3.63) is 59.2 Å². The van der Waals surface area contributed by atoms with E-state index in [-0.39, 0.29) is 18.3 Å². The molecule has 0 aliphatic heterocycles. The van der Waals surface area contributed by atoms with E-state index in [1.165, 1.54) is 24.3 Å². The van der Waals surface area contributed by atoms with Gasteiger partial charge in [0.2, 0.25) is 0 Å². The predicted octanol–water partition coefficient (Wildman–Crippen LogP) is 1.93. The number of amides is 1. The Labute approximate surface area is 110 Å². The van der Waals surface area contributed by atoms with Crippen LogP contribution in [0.2, 0.25) is 0 Å². The summed E-state index contributed by atoms with van der Waals surface area (Å²) in [6.45, 7) is 1.88. The number of halogens is 1. The molecule has 0 saturated carbocycles. The van der Waals surface area contributed by atoms with Gasteiger partial charge in [-0.25, -0.2) is 4.39 Å². The van der Waals surface area contributed by atoms with Crippen LogP contribution in [0.5, 0.6) is 0 Å². The lowest BCUT2D eigenvalue weighted by Gasteiger charge is -2.12. The molecule has 4 nitrogen and oxygen atoms in total. The minimum Gasteiger partial charge on any atom is -0.387 e. The third-order valence-electron chi connectivity index (χ3n) is 2.91. The van der Waals surface area contributed by atoms with Crippen LogP contribution in [0.15, 0.2) is 36.5 Å². The van der Waals surface area contributed by atoms with E-state index in [0.29, 0.717) is 11.1 Å². The summed E-state index contributed by atoms with van der Waals surface area (Å²) in [5.41, 5.74) is 1.88. The SMILES string of the molecule is Cc1[nH]ccc1C(=O)NCC(O)c1ccc(F)cc1. The summed E-state index contributed by atoms with van der Waals surface area (Å²) in [5.74, 6) is -0.608. The van der Waals surface area contributed by atoms with Crippen LogP contribution >= 0.6 is 0 Å². The predicted molar refractivity (Wildman–Crippen MR) is 69.2 cm³/mol. The van der Waals surface area contributed by atoms with Crippen LogP contribution in [-0.2, 0) is 0 Å². The topological polar surface area (TPSA) is 65.1 Å². The van der Waals surface area contributed by atoms with Crippen LogP contribution in [0.1, 0.15) is 27.7 Å². The summed E-state index contributed by atoms with van der Waals surface area (Å²) in [6, 6.07) is 7.21. The average molecular weight is 262 g/mol. The number of aromatic amines is 1. The molecule has 1 atom stereocenters. The summed E-state index contributed by atoms with van der Waals surface area (Å²) in [5, 5.41) is 12.5. The van der Waals surface area contributed by atoms with Crippen molar-refractivity contribution >= 4 is 5.91 Å². The van der Waals surface area contributed by atoms with Gasteiger partial charge in [0.25, 0.3) is 5.91 Å². The van der Waals surface area contributed by atoms with Crippen molar-refractivity contribution in [3.8, 4) is 0 Å².